The van der Waals surface area contributed by atoms with Crippen LogP contribution in [0.5, 0.6) is 0 Å². The molecule has 1 aromatic heterocycles. The van der Waals surface area contributed by atoms with Crippen molar-refractivity contribution in [2.45, 2.75) is 51.8 Å². The number of rotatable bonds is 5. The topological polar surface area (TPSA) is 47.4 Å². The van der Waals surface area contributed by atoms with E-state index in [1.165, 1.54) is 0 Å². The number of amides is 1. The summed E-state index contributed by atoms with van der Waals surface area (Å²) in [5, 5.41) is 4.42. The summed E-state index contributed by atoms with van der Waals surface area (Å²) in [6, 6.07) is 2.38. The van der Waals surface area contributed by atoms with E-state index < -0.39 is 0 Å². The van der Waals surface area contributed by atoms with Crippen LogP contribution in [0.15, 0.2) is 6.07 Å². The minimum absolute atomic E-state index is 0.175. The van der Waals surface area contributed by atoms with E-state index in [9.17, 15) is 4.79 Å². The smallest absolute Gasteiger partial charge is 0.244 e. The number of carbonyl (C=O) groups excluding carboxylic acids is 1. The van der Waals surface area contributed by atoms with Crippen molar-refractivity contribution in [2.24, 2.45) is 0 Å². The average molecular weight is 323 g/mol. The summed E-state index contributed by atoms with van der Waals surface area (Å²) < 4.78 is 7.57. The highest BCUT2D eigenvalue weighted by atomic mass is 32.2. The number of thioether (sulfide) groups is 1. The molecule has 3 heterocycles. The molecular weight excluding hydrogens is 298 g/mol. The molecule has 0 spiro atoms. The van der Waals surface area contributed by atoms with E-state index in [0.717, 1.165) is 55.3 Å². The Morgan fingerprint density at radius 1 is 1.50 bits per heavy atom. The summed E-state index contributed by atoms with van der Waals surface area (Å²) in [5.41, 5.74) is 2.01. The molecule has 1 amide bonds. The van der Waals surface area contributed by atoms with E-state index in [0.29, 0.717) is 12.6 Å². The van der Waals surface area contributed by atoms with Crippen molar-refractivity contribution < 1.29 is 9.53 Å². The van der Waals surface area contributed by atoms with Gasteiger partial charge in [-0.1, -0.05) is 0 Å². The summed E-state index contributed by atoms with van der Waals surface area (Å²) in [6.45, 7) is 5.88. The van der Waals surface area contributed by atoms with Gasteiger partial charge in [0.2, 0.25) is 5.91 Å². The normalized spacial score (nSPS) is 24.8. The van der Waals surface area contributed by atoms with Gasteiger partial charge in [0.1, 0.15) is 6.54 Å². The van der Waals surface area contributed by atoms with Crippen LogP contribution in [0.1, 0.15) is 30.7 Å². The number of ether oxygens (including phenoxy) is 1. The fraction of sp³-hybridized carbons (Fsp3) is 0.750. The van der Waals surface area contributed by atoms with Crippen LogP contribution in [0.3, 0.4) is 0 Å². The molecular formula is C16H25N3O2S. The van der Waals surface area contributed by atoms with Crippen LogP contribution in [-0.2, 0) is 16.1 Å². The van der Waals surface area contributed by atoms with Gasteiger partial charge in [-0.05, 0) is 44.9 Å². The van der Waals surface area contributed by atoms with Gasteiger partial charge in [0, 0.05) is 30.6 Å². The summed E-state index contributed by atoms with van der Waals surface area (Å²) in [7, 11) is 0. The Bertz CT molecular complexity index is 519. The van der Waals surface area contributed by atoms with E-state index in [-0.39, 0.29) is 12.0 Å². The molecule has 0 aliphatic carbocycles. The fourth-order valence-electron chi connectivity index (χ4n) is 3.28. The van der Waals surface area contributed by atoms with Gasteiger partial charge in [0.25, 0.3) is 0 Å². The second-order valence-corrected chi connectivity index (χ2v) is 7.43. The lowest BCUT2D eigenvalue weighted by molar-refractivity contribution is -0.135. The molecule has 22 heavy (non-hydrogen) atoms. The number of aryl methyl sites for hydroxylation is 2. The maximum Gasteiger partial charge on any atom is 0.244 e. The minimum atomic E-state index is 0.175. The quantitative estimate of drug-likeness (QED) is 0.832. The maximum absolute atomic E-state index is 12.8. The molecule has 1 aromatic rings. The predicted octanol–water partition coefficient (Wildman–Crippen LogP) is 2.01. The first-order valence-corrected chi connectivity index (χ1v) is 9.29. The molecule has 2 atom stereocenters. The summed E-state index contributed by atoms with van der Waals surface area (Å²) in [4.78, 5) is 14.9. The summed E-state index contributed by atoms with van der Waals surface area (Å²) in [5.74, 6) is 2.38. The van der Waals surface area contributed by atoms with Crippen molar-refractivity contribution in [1.29, 1.82) is 0 Å². The van der Waals surface area contributed by atoms with E-state index >= 15 is 0 Å². The SMILES string of the molecule is Cc1cc(C)n(CC(=O)N(C[C@@H]2CCCO2)[C@@H]2CCSC2)n1. The van der Waals surface area contributed by atoms with Crippen LogP contribution >= 0.6 is 11.8 Å². The first kappa shape index (κ1) is 15.9. The molecule has 6 heteroatoms. The molecule has 0 N–H and O–H groups in total. The highest BCUT2D eigenvalue weighted by Gasteiger charge is 2.30. The lowest BCUT2D eigenvalue weighted by Gasteiger charge is -2.31. The second kappa shape index (κ2) is 7.04. The fourth-order valence-corrected chi connectivity index (χ4v) is 4.51. The van der Waals surface area contributed by atoms with E-state index in [4.69, 9.17) is 4.74 Å². The molecule has 3 rings (SSSR count). The van der Waals surface area contributed by atoms with Crippen LogP contribution in [-0.4, -0.2) is 57.4 Å². The van der Waals surface area contributed by atoms with Gasteiger partial charge in [0.05, 0.1) is 11.8 Å². The third kappa shape index (κ3) is 3.66. The Kier molecular flexibility index (Phi) is 5.08. The number of aromatic nitrogens is 2. The van der Waals surface area contributed by atoms with Crippen molar-refractivity contribution in [2.75, 3.05) is 24.7 Å². The van der Waals surface area contributed by atoms with Gasteiger partial charge in [0.15, 0.2) is 0 Å². The number of nitrogens with zero attached hydrogens (tertiary/aromatic N) is 3. The Hall–Kier alpha value is -1.01. The van der Waals surface area contributed by atoms with Crippen LogP contribution in [0.4, 0.5) is 0 Å². The third-order valence-corrected chi connectivity index (χ3v) is 5.62. The van der Waals surface area contributed by atoms with E-state index in [1.807, 2.05) is 36.4 Å². The van der Waals surface area contributed by atoms with Gasteiger partial charge < -0.3 is 9.64 Å². The van der Waals surface area contributed by atoms with Gasteiger partial charge in [-0.15, -0.1) is 0 Å². The first-order valence-electron chi connectivity index (χ1n) is 8.13. The third-order valence-electron chi connectivity index (χ3n) is 4.48. The molecule has 2 saturated heterocycles. The second-order valence-electron chi connectivity index (χ2n) is 6.28. The monoisotopic (exact) mass is 323 g/mol. The lowest BCUT2D eigenvalue weighted by atomic mass is 10.1. The standard InChI is InChI=1S/C16H25N3O2S/c1-12-8-13(2)19(17-12)10-16(20)18(14-5-7-22-11-14)9-15-4-3-6-21-15/h8,14-15H,3-7,9-11H2,1-2H3/t14-,15+/m1/s1. The van der Waals surface area contributed by atoms with Gasteiger partial charge >= 0.3 is 0 Å². The molecule has 0 saturated carbocycles. The van der Waals surface area contributed by atoms with Gasteiger partial charge in [-0.2, -0.15) is 16.9 Å². The Morgan fingerprint density at radius 2 is 2.36 bits per heavy atom. The molecule has 5 nitrogen and oxygen atoms in total. The largest absolute Gasteiger partial charge is 0.376 e. The van der Waals surface area contributed by atoms with Crippen LogP contribution in [0.2, 0.25) is 0 Å². The number of hydrogen-bond acceptors (Lipinski definition) is 4. The van der Waals surface area contributed by atoms with Gasteiger partial charge in [-0.3, -0.25) is 9.48 Å². The lowest BCUT2D eigenvalue weighted by Crippen LogP contribution is -2.46. The minimum Gasteiger partial charge on any atom is -0.376 e. The molecule has 2 aliphatic rings. The molecule has 0 bridgehead atoms. The van der Waals surface area contributed by atoms with Crippen molar-refractivity contribution in [1.82, 2.24) is 14.7 Å². The van der Waals surface area contributed by atoms with Crippen molar-refractivity contribution in [3.8, 4) is 0 Å². The van der Waals surface area contributed by atoms with E-state index in [2.05, 4.69) is 10.00 Å². The van der Waals surface area contributed by atoms with Crippen molar-refractivity contribution in [3.05, 3.63) is 17.5 Å². The molecule has 0 unspecified atom stereocenters. The van der Waals surface area contributed by atoms with E-state index in [1.54, 1.807) is 0 Å². The van der Waals surface area contributed by atoms with Gasteiger partial charge in [-0.25, -0.2) is 0 Å². The molecule has 122 valence electrons. The Labute approximate surface area is 136 Å². The van der Waals surface area contributed by atoms with Crippen LogP contribution in [0, 0.1) is 13.8 Å². The summed E-state index contributed by atoms with van der Waals surface area (Å²) in [6.07, 6.45) is 3.50. The highest BCUT2D eigenvalue weighted by molar-refractivity contribution is 7.99. The zero-order chi connectivity index (χ0) is 15.5. The zero-order valence-corrected chi connectivity index (χ0v) is 14.3. The number of carbonyl (C=O) groups is 1. The van der Waals surface area contributed by atoms with Crippen molar-refractivity contribution in [3.63, 3.8) is 0 Å². The molecule has 0 radical (unpaired) electrons. The summed E-state index contributed by atoms with van der Waals surface area (Å²) >= 11 is 1.94. The zero-order valence-electron chi connectivity index (χ0n) is 13.5. The maximum atomic E-state index is 12.8. The Morgan fingerprint density at radius 3 is 2.95 bits per heavy atom. The average Bonchev–Trinajstić information content (AvgIpc) is 3.20. The molecule has 2 aliphatic heterocycles. The molecule has 2 fully saturated rings. The van der Waals surface area contributed by atoms with Crippen LogP contribution < -0.4 is 0 Å². The highest BCUT2D eigenvalue weighted by Crippen LogP contribution is 2.25. The molecule has 0 aromatic carbocycles. The van der Waals surface area contributed by atoms with Crippen molar-refractivity contribution >= 4 is 17.7 Å². The van der Waals surface area contributed by atoms with Crippen LogP contribution in [0.25, 0.3) is 0 Å². The predicted molar refractivity (Wildman–Crippen MR) is 88.1 cm³/mol. The Balaban J connectivity index is 1.69. The number of hydrogen-bond donors (Lipinski definition) is 0. The first-order chi connectivity index (χ1) is 10.6.